The Balaban J connectivity index is 1.86. The van der Waals surface area contributed by atoms with Crippen molar-refractivity contribution in [3.05, 3.63) is 0 Å². The maximum absolute atomic E-state index is 12.0. The first-order chi connectivity index (χ1) is 9.16. The van der Waals surface area contributed by atoms with Crippen LogP contribution >= 0.6 is 0 Å². The van der Waals surface area contributed by atoms with Gasteiger partial charge < -0.3 is 10.1 Å². The molecule has 0 amide bonds. The minimum Gasteiger partial charge on any atom is -0.381 e. The maximum atomic E-state index is 12.0. The quantitative estimate of drug-likeness (QED) is 0.832. The predicted octanol–water partition coefficient (Wildman–Crippen LogP) is 2.93. The lowest BCUT2D eigenvalue weighted by molar-refractivity contribution is -0.123. The van der Waals surface area contributed by atoms with E-state index in [0.29, 0.717) is 23.8 Å². The lowest BCUT2D eigenvalue weighted by atomic mass is 9.79. The Labute approximate surface area is 117 Å². The number of ketones is 1. The molecule has 3 heteroatoms. The zero-order valence-corrected chi connectivity index (χ0v) is 12.5. The van der Waals surface area contributed by atoms with Crippen LogP contribution in [0.25, 0.3) is 0 Å². The largest absolute Gasteiger partial charge is 0.381 e. The van der Waals surface area contributed by atoms with Crippen LogP contribution in [0, 0.1) is 11.8 Å². The standard InChI is InChI=1S/C16H29NO2/c1-12(2)16(18)11-13-5-3-4-6-15(13)17-14-7-9-19-10-8-14/h12-15,17H,3-11H2,1-2H3. The molecule has 1 saturated carbocycles. The third-order valence-corrected chi connectivity index (χ3v) is 4.69. The van der Waals surface area contributed by atoms with E-state index >= 15 is 0 Å². The molecule has 1 heterocycles. The van der Waals surface area contributed by atoms with E-state index in [1.54, 1.807) is 0 Å². The van der Waals surface area contributed by atoms with Crippen LogP contribution in [0.2, 0.25) is 0 Å². The molecular formula is C16H29NO2. The van der Waals surface area contributed by atoms with Crippen molar-refractivity contribution in [1.82, 2.24) is 5.32 Å². The van der Waals surface area contributed by atoms with E-state index in [4.69, 9.17) is 4.74 Å². The number of nitrogens with one attached hydrogen (secondary N) is 1. The first-order valence-corrected chi connectivity index (χ1v) is 8.03. The van der Waals surface area contributed by atoms with Gasteiger partial charge >= 0.3 is 0 Å². The minimum atomic E-state index is 0.186. The number of hydrogen-bond acceptors (Lipinski definition) is 3. The van der Waals surface area contributed by atoms with Crippen molar-refractivity contribution in [2.75, 3.05) is 13.2 Å². The van der Waals surface area contributed by atoms with E-state index in [-0.39, 0.29) is 5.92 Å². The lowest BCUT2D eigenvalue weighted by Crippen LogP contribution is -2.47. The van der Waals surface area contributed by atoms with Gasteiger partial charge in [-0.05, 0) is 31.6 Å². The zero-order chi connectivity index (χ0) is 13.7. The van der Waals surface area contributed by atoms with Gasteiger partial charge in [-0.1, -0.05) is 26.7 Å². The molecule has 2 fully saturated rings. The number of carbonyl (C=O) groups excluding carboxylic acids is 1. The molecule has 0 bridgehead atoms. The van der Waals surface area contributed by atoms with E-state index in [1.165, 1.54) is 25.7 Å². The molecule has 110 valence electrons. The highest BCUT2D eigenvalue weighted by atomic mass is 16.5. The van der Waals surface area contributed by atoms with Gasteiger partial charge in [-0.3, -0.25) is 4.79 Å². The van der Waals surface area contributed by atoms with Crippen LogP contribution in [0.4, 0.5) is 0 Å². The highest BCUT2D eigenvalue weighted by molar-refractivity contribution is 5.80. The van der Waals surface area contributed by atoms with Crippen molar-refractivity contribution in [2.45, 2.75) is 70.9 Å². The molecule has 1 aliphatic carbocycles. The summed E-state index contributed by atoms with van der Waals surface area (Å²) in [5.74, 6) is 1.18. The molecule has 0 aromatic heterocycles. The summed E-state index contributed by atoms with van der Waals surface area (Å²) in [6, 6.07) is 1.16. The highest BCUT2D eigenvalue weighted by Crippen LogP contribution is 2.29. The van der Waals surface area contributed by atoms with Gasteiger partial charge in [-0.15, -0.1) is 0 Å². The van der Waals surface area contributed by atoms with Gasteiger partial charge in [0.2, 0.25) is 0 Å². The van der Waals surface area contributed by atoms with E-state index in [0.717, 1.165) is 32.5 Å². The van der Waals surface area contributed by atoms with Crippen molar-refractivity contribution in [1.29, 1.82) is 0 Å². The fraction of sp³-hybridized carbons (Fsp3) is 0.938. The number of rotatable bonds is 5. The van der Waals surface area contributed by atoms with E-state index < -0.39 is 0 Å². The lowest BCUT2D eigenvalue weighted by Gasteiger charge is -2.36. The average molecular weight is 267 g/mol. The average Bonchev–Trinajstić information content (AvgIpc) is 2.42. The maximum Gasteiger partial charge on any atom is 0.135 e. The Morgan fingerprint density at radius 1 is 1.16 bits per heavy atom. The second-order valence-corrected chi connectivity index (χ2v) is 6.53. The van der Waals surface area contributed by atoms with Crippen molar-refractivity contribution in [2.24, 2.45) is 11.8 Å². The third kappa shape index (κ3) is 4.57. The summed E-state index contributed by atoms with van der Waals surface area (Å²) in [6.07, 6.45) is 8.10. The molecule has 2 rings (SSSR count). The molecule has 0 spiro atoms. The summed E-state index contributed by atoms with van der Waals surface area (Å²) in [7, 11) is 0. The smallest absolute Gasteiger partial charge is 0.135 e. The Hall–Kier alpha value is -0.410. The van der Waals surface area contributed by atoms with Gasteiger partial charge in [0.05, 0.1) is 0 Å². The van der Waals surface area contributed by atoms with Crippen molar-refractivity contribution in [3.8, 4) is 0 Å². The molecule has 0 radical (unpaired) electrons. The van der Waals surface area contributed by atoms with Gasteiger partial charge in [0.1, 0.15) is 5.78 Å². The molecule has 2 unspecified atom stereocenters. The summed E-state index contributed by atoms with van der Waals surface area (Å²) in [4.78, 5) is 12.0. The number of Topliss-reactive ketones (excluding diaryl/α,β-unsaturated/α-hetero) is 1. The monoisotopic (exact) mass is 267 g/mol. The van der Waals surface area contributed by atoms with E-state index in [2.05, 4.69) is 5.32 Å². The Morgan fingerprint density at radius 2 is 1.84 bits per heavy atom. The third-order valence-electron chi connectivity index (χ3n) is 4.69. The van der Waals surface area contributed by atoms with Gasteiger partial charge in [-0.25, -0.2) is 0 Å². The second-order valence-electron chi connectivity index (χ2n) is 6.53. The fourth-order valence-electron chi connectivity index (χ4n) is 3.33. The Bertz CT molecular complexity index is 284. The van der Waals surface area contributed by atoms with Crippen LogP contribution in [0.15, 0.2) is 0 Å². The van der Waals surface area contributed by atoms with Gasteiger partial charge in [0, 0.05) is 37.6 Å². The number of ether oxygens (including phenoxy) is 1. The normalized spacial score (nSPS) is 29.6. The first kappa shape index (κ1) is 15.0. The van der Waals surface area contributed by atoms with Crippen molar-refractivity contribution in [3.63, 3.8) is 0 Å². The Morgan fingerprint density at radius 3 is 2.53 bits per heavy atom. The van der Waals surface area contributed by atoms with Crippen molar-refractivity contribution < 1.29 is 9.53 Å². The zero-order valence-electron chi connectivity index (χ0n) is 12.5. The van der Waals surface area contributed by atoms with Crippen LogP contribution in [0.5, 0.6) is 0 Å². The molecular weight excluding hydrogens is 238 g/mol. The molecule has 0 aromatic carbocycles. The molecule has 3 nitrogen and oxygen atoms in total. The Kier molecular flexibility index (Phi) is 5.83. The molecule has 2 aliphatic rings. The van der Waals surface area contributed by atoms with Crippen LogP contribution in [0.1, 0.15) is 58.8 Å². The summed E-state index contributed by atoms with van der Waals surface area (Å²) in [5, 5.41) is 3.82. The summed E-state index contributed by atoms with van der Waals surface area (Å²) < 4.78 is 5.42. The summed E-state index contributed by atoms with van der Waals surface area (Å²) in [5.41, 5.74) is 0. The summed E-state index contributed by atoms with van der Waals surface area (Å²) in [6.45, 7) is 5.82. The minimum absolute atomic E-state index is 0.186. The fourth-order valence-corrected chi connectivity index (χ4v) is 3.33. The van der Waals surface area contributed by atoms with E-state index in [1.807, 2.05) is 13.8 Å². The predicted molar refractivity (Wildman–Crippen MR) is 77.2 cm³/mol. The number of hydrogen-bond donors (Lipinski definition) is 1. The number of carbonyl (C=O) groups is 1. The topological polar surface area (TPSA) is 38.3 Å². The van der Waals surface area contributed by atoms with Crippen LogP contribution in [-0.4, -0.2) is 31.1 Å². The summed E-state index contributed by atoms with van der Waals surface area (Å²) >= 11 is 0. The molecule has 1 saturated heterocycles. The SMILES string of the molecule is CC(C)C(=O)CC1CCCCC1NC1CCOCC1. The van der Waals surface area contributed by atoms with Gasteiger partial charge in [-0.2, -0.15) is 0 Å². The van der Waals surface area contributed by atoms with Crippen LogP contribution in [0.3, 0.4) is 0 Å². The molecule has 19 heavy (non-hydrogen) atoms. The molecule has 1 aliphatic heterocycles. The van der Waals surface area contributed by atoms with E-state index in [9.17, 15) is 4.79 Å². The van der Waals surface area contributed by atoms with Gasteiger partial charge in [0.15, 0.2) is 0 Å². The second kappa shape index (κ2) is 7.39. The van der Waals surface area contributed by atoms with Crippen LogP contribution < -0.4 is 5.32 Å². The van der Waals surface area contributed by atoms with Crippen molar-refractivity contribution >= 4 is 5.78 Å². The molecule has 1 N–H and O–H groups in total. The van der Waals surface area contributed by atoms with Gasteiger partial charge in [0.25, 0.3) is 0 Å². The molecule has 2 atom stereocenters. The highest BCUT2D eigenvalue weighted by Gasteiger charge is 2.29. The molecule has 0 aromatic rings. The first-order valence-electron chi connectivity index (χ1n) is 8.03. The van der Waals surface area contributed by atoms with Crippen LogP contribution in [-0.2, 0) is 9.53 Å².